The molecule has 0 heterocycles. The number of hydrogen-bond donors (Lipinski definition) is 2. The first-order valence-corrected chi connectivity index (χ1v) is 9.15. The fraction of sp³-hybridized carbons (Fsp3) is 0.667. The summed E-state index contributed by atoms with van der Waals surface area (Å²) in [5, 5.41) is 20.9. The number of methoxy groups -OCH3 is 1. The van der Waals surface area contributed by atoms with Crippen molar-refractivity contribution in [2.24, 2.45) is 11.3 Å². The number of rotatable bonds is 2. The van der Waals surface area contributed by atoms with Crippen LogP contribution in [0.5, 0.6) is 0 Å². The average Bonchev–Trinajstić information content (AvgIpc) is 2.51. The number of carbonyl (C=O) groups is 1. The maximum absolute atomic E-state index is 12.6. The van der Waals surface area contributed by atoms with Crippen LogP contribution in [0, 0.1) is 11.3 Å². The van der Waals surface area contributed by atoms with Crippen molar-refractivity contribution in [1.82, 2.24) is 0 Å². The first-order chi connectivity index (χ1) is 11.5. The average molecular weight is 346 g/mol. The molecule has 0 bridgehead atoms. The molecule has 4 unspecified atom stereocenters. The summed E-state index contributed by atoms with van der Waals surface area (Å²) in [4.78, 5) is 12.6. The molecular formula is C21H30O4. The van der Waals surface area contributed by atoms with Gasteiger partial charge in [-0.1, -0.05) is 25.1 Å². The van der Waals surface area contributed by atoms with E-state index in [4.69, 9.17) is 4.74 Å². The fourth-order valence-corrected chi connectivity index (χ4v) is 5.47. The van der Waals surface area contributed by atoms with Gasteiger partial charge in [-0.3, -0.25) is 4.79 Å². The number of hydrogen-bond acceptors (Lipinski definition) is 4. The quantitative estimate of drug-likeness (QED) is 0.808. The fourth-order valence-electron chi connectivity index (χ4n) is 5.47. The van der Waals surface area contributed by atoms with E-state index in [0.29, 0.717) is 12.8 Å². The van der Waals surface area contributed by atoms with Crippen molar-refractivity contribution in [2.45, 2.75) is 70.5 Å². The number of aryl methyl sites for hydroxylation is 1. The zero-order chi connectivity index (χ0) is 18.6. The predicted octanol–water partition coefficient (Wildman–Crippen LogP) is 3.07. The Hall–Kier alpha value is -1.39. The lowest BCUT2D eigenvalue weighted by Gasteiger charge is -2.55. The predicted molar refractivity (Wildman–Crippen MR) is 96.2 cm³/mol. The van der Waals surface area contributed by atoms with Crippen molar-refractivity contribution in [1.29, 1.82) is 0 Å². The Bertz CT molecular complexity index is 690. The minimum atomic E-state index is -0.876. The second-order valence-electron chi connectivity index (χ2n) is 8.91. The van der Waals surface area contributed by atoms with Crippen LogP contribution >= 0.6 is 0 Å². The number of benzene rings is 1. The third-order valence-electron chi connectivity index (χ3n) is 6.64. The zero-order valence-corrected chi connectivity index (χ0v) is 15.9. The van der Waals surface area contributed by atoms with Gasteiger partial charge in [-0.15, -0.1) is 0 Å². The normalized spacial score (nSPS) is 34.8. The minimum absolute atomic E-state index is 0.135. The van der Waals surface area contributed by atoms with Crippen LogP contribution in [0.3, 0.4) is 0 Å². The molecule has 0 aromatic heterocycles. The molecule has 0 amide bonds. The van der Waals surface area contributed by atoms with Gasteiger partial charge in [0.15, 0.2) is 0 Å². The molecule has 1 aromatic rings. The maximum atomic E-state index is 12.6. The van der Waals surface area contributed by atoms with Crippen molar-refractivity contribution < 1.29 is 19.7 Å². The van der Waals surface area contributed by atoms with E-state index >= 15 is 0 Å². The number of carbonyl (C=O) groups excluding carboxylic acids is 1. The van der Waals surface area contributed by atoms with Gasteiger partial charge in [-0.25, -0.2) is 0 Å². The van der Waals surface area contributed by atoms with Crippen LogP contribution in [0.4, 0.5) is 0 Å². The van der Waals surface area contributed by atoms with Crippen LogP contribution in [0.25, 0.3) is 0 Å². The van der Waals surface area contributed by atoms with Gasteiger partial charge < -0.3 is 14.9 Å². The van der Waals surface area contributed by atoms with E-state index < -0.39 is 17.1 Å². The molecule has 4 atom stereocenters. The third kappa shape index (κ3) is 2.80. The summed E-state index contributed by atoms with van der Waals surface area (Å²) < 4.78 is 5.10. The van der Waals surface area contributed by atoms with Crippen LogP contribution < -0.4 is 0 Å². The smallest absolute Gasteiger partial charge is 0.311 e. The standard InChI is InChI=1S/C21H30O4/c1-19(2,24)14-7-8-16-13(10-14)6-9-17-20(16,3)11-15(22)12-21(17,4)18(23)25-5/h7-8,10,15,17,22,24H,6,9,11-12H2,1-5H3. The third-order valence-corrected chi connectivity index (χ3v) is 6.64. The van der Waals surface area contributed by atoms with Crippen molar-refractivity contribution in [3.8, 4) is 0 Å². The van der Waals surface area contributed by atoms with E-state index in [0.717, 1.165) is 18.4 Å². The first-order valence-electron chi connectivity index (χ1n) is 9.15. The molecule has 0 saturated heterocycles. The molecule has 2 aliphatic carbocycles. The molecule has 4 heteroatoms. The Morgan fingerprint density at radius 3 is 2.56 bits per heavy atom. The summed E-state index contributed by atoms with van der Waals surface area (Å²) in [5.74, 6) is -0.0876. The summed E-state index contributed by atoms with van der Waals surface area (Å²) in [6.45, 7) is 7.70. The molecule has 2 aliphatic rings. The van der Waals surface area contributed by atoms with Gasteiger partial charge in [0, 0.05) is 0 Å². The van der Waals surface area contributed by atoms with E-state index in [9.17, 15) is 15.0 Å². The van der Waals surface area contributed by atoms with Crippen LogP contribution in [-0.2, 0) is 27.0 Å². The summed E-state index contributed by atoms with van der Waals surface area (Å²) in [5.41, 5.74) is 1.50. The van der Waals surface area contributed by atoms with Gasteiger partial charge in [-0.05, 0) is 74.5 Å². The lowest BCUT2D eigenvalue weighted by atomic mass is 9.49. The highest BCUT2D eigenvalue weighted by atomic mass is 16.5. The number of esters is 1. The molecule has 138 valence electrons. The SMILES string of the molecule is COC(=O)C1(C)CC(O)CC2(C)c3ccc(C(C)(C)O)cc3CCC12. The Kier molecular flexibility index (Phi) is 4.28. The van der Waals surface area contributed by atoms with Gasteiger partial charge in [0.05, 0.1) is 24.2 Å². The van der Waals surface area contributed by atoms with Gasteiger partial charge in [0.1, 0.15) is 0 Å². The van der Waals surface area contributed by atoms with E-state index in [2.05, 4.69) is 19.1 Å². The number of aliphatic hydroxyl groups is 2. The van der Waals surface area contributed by atoms with E-state index in [-0.39, 0.29) is 17.3 Å². The summed E-state index contributed by atoms with van der Waals surface area (Å²) >= 11 is 0. The van der Waals surface area contributed by atoms with Gasteiger partial charge in [0.2, 0.25) is 0 Å². The molecular weight excluding hydrogens is 316 g/mol. The molecule has 0 spiro atoms. The number of fused-ring (bicyclic) bond motifs is 3. The number of aliphatic hydroxyl groups excluding tert-OH is 1. The van der Waals surface area contributed by atoms with Crippen LogP contribution in [0.2, 0.25) is 0 Å². The molecule has 25 heavy (non-hydrogen) atoms. The maximum Gasteiger partial charge on any atom is 0.311 e. The molecule has 0 aliphatic heterocycles. The van der Waals surface area contributed by atoms with Crippen molar-refractivity contribution >= 4 is 5.97 Å². The van der Waals surface area contributed by atoms with Crippen molar-refractivity contribution in [2.75, 3.05) is 7.11 Å². The molecule has 1 aromatic carbocycles. The lowest BCUT2D eigenvalue weighted by molar-refractivity contribution is -0.166. The van der Waals surface area contributed by atoms with Crippen molar-refractivity contribution in [3.63, 3.8) is 0 Å². The Labute approximate surface area is 150 Å². The second-order valence-corrected chi connectivity index (χ2v) is 8.91. The Morgan fingerprint density at radius 1 is 1.28 bits per heavy atom. The topological polar surface area (TPSA) is 66.8 Å². The molecule has 3 rings (SSSR count). The highest BCUT2D eigenvalue weighted by Gasteiger charge is 2.58. The molecule has 1 fully saturated rings. The molecule has 4 nitrogen and oxygen atoms in total. The monoisotopic (exact) mass is 346 g/mol. The Morgan fingerprint density at radius 2 is 1.96 bits per heavy atom. The summed E-state index contributed by atoms with van der Waals surface area (Å²) in [7, 11) is 1.43. The molecule has 1 saturated carbocycles. The largest absolute Gasteiger partial charge is 0.469 e. The summed E-state index contributed by atoms with van der Waals surface area (Å²) in [6, 6.07) is 6.15. The highest BCUT2D eigenvalue weighted by molar-refractivity contribution is 5.77. The van der Waals surface area contributed by atoms with Gasteiger partial charge in [-0.2, -0.15) is 0 Å². The number of ether oxygens (including phenoxy) is 1. The minimum Gasteiger partial charge on any atom is -0.469 e. The summed E-state index contributed by atoms with van der Waals surface area (Å²) in [6.07, 6.45) is 2.35. The van der Waals surface area contributed by atoms with E-state index in [1.165, 1.54) is 18.2 Å². The Balaban J connectivity index is 2.10. The van der Waals surface area contributed by atoms with E-state index in [1.54, 1.807) is 13.8 Å². The van der Waals surface area contributed by atoms with Crippen molar-refractivity contribution in [3.05, 3.63) is 34.9 Å². The van der Waals surface area contributed by atoms with Crippen LogP contribution in [0.1, 0.15) is 63.6 Å². The van der Waals surface area contributed by atoms with E-state index in [1.807, 2.05) is 13.0 Å². The lowest BCUT2D eigenvalue weighted by Crippen LogP contribution is -2.56. The highest BCUT2D eigenvalue weighted by Crippen LogP contribution is 2.57. The molecule has 2 N–H and O–H groups in total. The first kappa shape index (κ1) is 18.4. The molecule has 0 radical (unpaired) electrons. The van der Waals surface area contributed by atoms with Gasteiger partial charge in [0.25, 0.3) is 0 Å². The zero-order valence-electron chi connectivity index (χ0n) is 15.9. The van der Waals surface area contributed by atoms with Crippen LogP contribution in [0.15, 0.2) is 18.2 Å². The van der Waals surface area contributed by atoms with Gasteiger partial charge >= 0.3 is 5.97 Å². The van der Waals surface area contributed by atoms with Crippen LogP contribution in [-0.4, -0.2) is 29.4 Å². The second kappa shape index (κ2) is 5.82.